The largest absolute Gasteiger partial charge is 0.478 e. The first-order valence-corrected chi connectivity index (χ1v) is 8.40. The van der Waals surface area contributed by atoms with Gasteiger partial charge in [-0.15, -0.1) is 0 Å². The van der Waals surface area contributed by atoms with E-state index in [4.69, 9.17) is 0 Å². The molecule has 0 aliphatic carbocycles. The second kappa shape index (κ2) is 7.91. The SMILES string of the molecule is CCc1ccc(-c2ccc(CC)c(C(=O)O)c2C(=O)O)c(C(=O)O)c1C(=O)O. The fraction of sp³-hybridized carbons (Fsp3) is 0.200. The van der Waals surface area contributed by atoms with Crippen LogP contribution >= 0.6 is 0 Å². The molecule has 8 heteroatoms. The lowest BCUT2D eigenvalue weighted by Gasteiger charge is -2.17. The van der Waals surface area contributed by atoms with Crippen LogP contribution in [-0.2, 0) is 12.8 Å². The number of aromatic carboxylic acids is 4. The maximum atomic E-state index is 11.9. The molecule has 0 bridgehead atoms. The van der Waals surface area contributed by atoms with Gasteiger partial charge in [-0.1, -0.05) is 38.1 Å². The molecule has 0 saturated heterocycles. The van der Waals surface area contributed by atoms with E-state index in [0.717, 1.165) is 0 Å². The molecule has 0 radical (unpaired) electrons. The molecule has 4 N–H and O–H groups in total. The summed E-state index contributed by atoms with van der Waals surface area (Å²) in [5.41, 5.74) is -1.82. The molecule has 8 nitrogen and oxygen atoms in total. The molecular weight excluding hydrogens is 368 g/mol. The van der Waals surface area contributed by atoms with E-state index in [0.29, 0.717) is 0 Å². The predicted molar refractivity (Wildman–Crippen MR) is 98.5 cm³/mol. The maximum Gasteiger partial charge on any atom is 0.337 e. The lowest BCUT2D eigenvalue weighted by atomic mass is 9.86. The standard InChI is InChI=1S/C20H18O8/c1-3-9-5-7-11(15(19(25)26)13(9)17(21)22)12-8-6-10(4-2)14(18(23)24)16(12)20(27)28/h5-8H,3-4H2,1-2H3,(H,21,22)(H,23,24)(H,25,26)(H,27,28). The molecule has 0 amide bonds. The fourth-order valence-electron chi connectivity index (χ4n) is 3.26. The predicted octanol–water partition coefficient (Wildman–Crippen LogP) is 3.27. The smallest absolute Gasteiger partial charge is 0.337 e. The van der Waals surface area contributed by atoms with Crippen LogP contribution in [0.25, 0.3) is 11.1 Å². The summed E-state index contributed by atoms with van der Waals surface area (Å²) in [7, 11) is 0. The molecule has 0 spiro atoms. The number of benzene rings is 2. The topological polar surface area (TPSA) is 149 Å². The van der Waals surface area contributed by atoms with E-state index in [9.17, 15) is 39.6 Å². The Labute approximate surface area is 159 Å². The zero-order chi connectivity index (χ0) is 21.2. The Morgan fingerprint density at radius 1 is 0.571 bits per heavy atom. The average Bonchev–Trinajstić information content (AvgIpc) is 2.64. The molecule has 0 aliphatic rings. The van der Waals surface area contributed by atoms with Gasteiger partial charge < -0.3 is 20.4 Å². The van der Waals surface area contributed by atoms with Crippen LogP contribution in [0.2, 0.25) is 0 Å². The van der Waals surface area contributed by atoms with E-state index in [-0.39, 0.29) is 35.1 Å². The van der Waals surface area contributed by atoms with E-state index >= 15 is 0 Å². The third kappa shape index (κ3) is 3.44. The van der Waals surface area contributed by atoms with Gasteiger partial charge in [-0.25, -0.2) is 19.2 Å². The van der Waals surface area contributed by atoms with Crippen LogP contribution in [0.5, 0.6) is 0 Å². The Kier molecular flexibility index (Phi) is 5.83. The van der Waals surface area contributed by atoms with E-state index in [2.05, 4.69) is 0 Å². The lowest BCUT2D eigenvalue weighted by molar-refractivity contribution is 0.0649. The molecule has 0 unspecified atom stereocenters. The number of carbonyl (C=O) groups is 4. The summed E-state index contributed by atoms with van der Waals surface area (Å²) in [5, 5.41) is 38.4. The monoisotopic (exact) mass is 386 g/mol. The van der Waals surface area contributed by atoms with Crippen molar-refractivity contribution in [1.82, 2.24) is 0 Å². The van der Waals surface area contributed by atoms with Gasteiger partial charge in [-0.2, -0.15) is 0 Å². The second-order valence-corrected chi connectivity index (χ2v) is 5.97. The quantitative estimate of drug-likeness (QED) is 0.566. The van der Waals surface area contributed by atoms with Crippen molar-refractivity contribution < 1.29 is 39.6 Å². The van der Waals surface area contributed by atoms with E-state index < -0.39 is 46.1 Å². The number of rotatable bonds is 7. The summed E-state index contributed by atoms with van der Waals surface area (Å²) in [6, 6.07) is 5.44. The highest BCUT2D eigenvalue weighted by atomic mass is 16.4. The third-order valence-corrected chi connectivity index (χ3v) is 4.49. The van der Waals surface area contributed by atoms with Crippen molar-refractivity contribution in [3.05, 3.63) is 57.6 Å². The molecule has 2 aromatic carbocycles. The minimum Gasteiger partial charge on any atom is -0.478 e. The highest BCUT2D eigenvalue weighted by Crippen LogP contribution is 2.34. The molecule has 0 atom stereocenters. The van der Waals surface area contributed by atoms with Gasteiger partial charge in [0.2, 0.25) is 0 Å². The van der Waals surface area contributed by atoms with Crippen molar-refractivity contribution in [1.29, 1.82) is 0 Å². The van der Waals surface area contributed by atoms with E-state index in [1.165, 1.54) is 24.3 Å². The third-order valence-electron chi connectivity index (χ3n) is 4.49. The first-order chi connectivity index (χ1) is 13.1. The van der Waals surface area contributed by atoms with Crippen LogP contribution in [0.4, 0.5) is 0 Å². The highest BCUT2D eigenvalue weighted by molar-refractivity contribution is 6.12. The Balaban J connectivity index is 3.05. The summed E-state index contributed by atoms with van der Waals surface area (Å²) >= 11 is 0. The fourth-order valence-corrected chi connectivity index (χ4v) is 3.26. The molecule has 0 heterocycles. The molecule has 0 saturated carbocycles. The van der Waals surface area contributed by atoms with Crippen molar-refractivity contribution in [3.63, 3.8) is 0 Å². The van der Waals surface area contributed by atoms with Crippen LogP contribution in [0.1, 0.15) is 66.4 Å². The van der Waals surface area contributed by atoms with Crippen LogP contribution in [0.15, 0.2) is 24.3 Å². The van der Waals surface area contributed by atoms with Crippen molar-refractivity contribution in [2.24, 2.45) is 0 Å². The van der Waals surface area contributed by atoms with Crippen molar-refractivity contribution in [2.75, 3.05) is 0 Å². The minimum atomic E-state index is -1.55. The summed E-state index contributed by atoms with van der Waals surface area (Å²) in [5.74, 6) is -6.01. The van der Waals surface area contributed by atoms with Crippen molar-refractivity contribution in [2.45, 2.75) is 26.7 Å². The number of carboxylic acid groups (broad SMARTS) is 4. The van der Waals surface area contributed by atoms with Gasteiger partial charge in [0, 0.05) is 0 Å². The Bertz CT molecular complexity index is 922. The average molecular weight is 386 g/mol. The van der Waals surface area contributed by atoms with Gasteiger partial charge in [-0.05, 0) is 35.1 Å². The van der Waals surface area contributed by atoms with Crippen molar-refractivity contribution >= 4 is 23.9 Å². The molecule has 0 fully saturated rings. The molecule has 0 aliphatic heterocycles. The Hall–Kier alpha value is -3.68. The van der Waals surface area contributed by atoms with Gasteiger partial charge in [0.1, 0.15) is 0 Å². The molecule has 2 aromatic rings. The number of hydrogen-bond donors (Lipinski definition) is 4. The molecule has 2 rings (SSSR count). The van der Waals surface area contributed by atoms with Crippen molar-refractivity contribution in [3.8, 4) is 11.1 Å². The molecular formula is C20H18O8. The maximum absolute atomic E-state index is 11.9. The van der Waals surface area contributed by atoms with Crippen LogP contribution in [0, 0.1) is 0 Å². The Morgan fingerprint density at radius 2 is 0.857 bits per heavy atom. The van der Waals surface area contributed by atoms with Gasteiger partial charge in [0.05, 0.1) is 22.3 Å². The number of hydrogen-bond acceptors (Lipinski definition) is 4. The van der Waals surface area contributed by atoms with E-state index in [1.807, 2.05) is 0 Å². The zero-order valence-corrected chi connectivity index (χ0v) is 15.1. The minimum absolute atomic E-state index is 0.162. The number of carboxylic acids is 4. The van der Waals surface area contributed by atoms with Gasteiger partial charge in [-0.3, -0.25) is 0 Å². The summed E-state index contributed by atoms with van der Waals surface area (Å²) < 4.78 is 0. The van der Waals surface area contributed by atoms with Gasteiger partial charge in [0.25, 0.3) is 0 Å². The van der Waals surface area contributed by atoms with Gasteiger partial charge >= 0.3 is 23.9 Å². The first kappa shape index (κ1) is 20.6. The van der Waals surface area contributed by atoms with E-state index in [1.54, 1.807) is 13.8 Å². The Morgan fingerprint density at radius 3 is 1.07 bits per heavy atom. The zero-order valence-electron chi connectivity index (χ0n) is 15.1. The highest BCUT2D eigenvalue weighted by Gasteiger charge is 2.29. The van der Waals surface area contributed by atoms with Crippen LogP contribution < -0.4 is 0 Å². The first-order valence-electron chi connectivity index (χ1n) is 8.40. The molecule has 28 heavy (non-hydrogen) atoms. The molecule has 0 aromatic heterocycles. The van der Waals surface area contributed by atoms with Crippen LogP contribution in [-0.4, -0.2) is 44.3 Å². The summed E-state index contributed by atoms with van der Waals surface area (Å²) in [4.78, 5) is 47.2. The summed E-state index contributed by atoms with van der Waals surface area (Å²) in [6.45, 7) is 3.32. The normalized spacial score (nSPS) is 10.5. The summed E-state index contributed by atoms with van der Waals surface area (Å²) in [6.07, 6.45) is 0.506. The van der Waals surface area contributed by atoms with Gasteiger partial charge in [0.15, 0.2) is 0 Å². The second-order valence-electron chi connectivity index (χ2n) is 5.97. The lowest BCUT2D eigenvalue weighted by Crippen LogP contribution is -2.16. The van der Waals surface area contributed by atoms with Crippen LogP contribution in [0.3, 0.4) is 0 Å². The number of aryl methyl sites for hydroxylation is 2. The molecule has 146 valence electrons.